The molecule has 0 saturated heterocycles. The van der Waals surface area contributed by atoms with Gasteiger partial charge in [0.15, 0.2) is 0 Å². The Kier molecular flexibility index (Phi) is 4.58. The summed E-state index contributed by atoms with van der Waals surface area (Å²) in [6.45, 7) is 3.57. The number of hydrogen-bond acceptors (Lipinski definition) is 2. The predicted octanol–water partition coefficient (Wildman–Crippen LogP) is 3.30. The lowest BCUT2D eigenvalue weighted by atomic mass is 10.1. The monoisotopic (exact) mass is 285 g/mol. The van der Waals surface area contributed by atoms with Gasteiger partial charge in [0.25, 0.3) is 0 Å². The molecule has 1 atom stereocenters. The van der Waals surface area contributed by atoms with Crippen LogP contribution in [0.5, 0.6) is 0 Å². The minimum Gasteiger partial charge on any atom is -0.481 e. The van der Waals surface area contributed by atoms with Crippen LogP contribution in [0.1, 0.15) is 20.3 Å². The summed E-state index contributed by atoms with van der Waals surface area (Å²) in [7, 11) is 0. The number of carboxylic acids is 1. The maximum absolute atomic E-state index is 12.2. The summed E-state index contributed by atoms with van der Waals surface area (Å²) < 4.78 is 0. The van der Waals surface area contributed by atoms with Crippen LogP contribution in [0.15, 0.2) is 42.5 Å². The first-order valence-electron chi connectivity index (χ1n) is 7.05. The van der Waals surface area contributed by atoms with Crippen LogP contribution in [0, 0.1) is 5.92 Å². The number of anilines is 1. The maximum Gasteiger partial charge on any atom is 0.308 e. The largest absolute Gasteiger partial charge is 0.481 e. The highest BCUT2D eigenvalue weighted by Gasteiger charge is 2.22. The molecule has 2 aromatic rings. The summed E-state index contributed by atoms with van der Waals surface area (Å²) in [5.41, 5.74) is 0.771. The number of carboxylic acid groups (broad SMARTS) is 1. The molecule has 1 amide bonds. The van der Waals surface area contributed by atoms with Crippen LogP contribution in [0.3, 0.4) is 0 Å². The highest BCUT2D eigenvalue weighted by atomic mass is 16.4. The molecule has 0 heterocycles. The molecule has 0 aromatic heterocycles. The number of hydrogen-bond donors (Lipinski definition) is 1. The SMILES string of the molecule is CCC(=O)N(CC(C)C(=O)O)c1cccc2ccccc12. The predicted molar refractivity (Wildman–Crippen MR) is 83.4 cm³/mol. The van der Waals surface area contributed by atoms with Crippen LogP contribution in [0.4, 0.5) is 5.69 Å². The Labute approximate surface area is 124 Å². The first-order chi connectivity index (χ1) is 10.0. The molecule has 4 nitrogen and oxygen atoms in total. The number of amides is 1. The highest BCUT2D eigenvalue weighted by molar-refractivity contribution is 6.03. The minimum atomic E-state index is -0.899. The van der Waals surface area contributed by atoms with E-state index in [0.717, 1.165) is 16.5 Å². The Balaban J connectivity index is 2.48. The van der Waals surface area contributed by atoms with Gasteiger partial charge in [-0.3, -0.25) is 9.59 Å². The van der Waals surface area contributed by atoms with Gasteiger partial charge in [0.1, 0.15) is 0 Å². The fraction of sp³-hybridized carbons (Fsp3) is 0.294. The summed E-state index contributed by atoms with van der Waals surface area (Å²) in [6, 6.07) is 13.5. The van der Waals surface area contributed by atoms with Gasteiger partial charge in [0, 0.05) is 18.4 Å². The molecule has 0 aliphatic rings. The molecular weight excluding hydrogens is 266 g/mol. The fourth-order valence-electron chi connectivity index (χ4n) is 2.32. The van der Waals surface area contributed by atoms with Crippen LogP contribution in [-0.4, -0.2) is 23.5 Å². The van der Waals surface area contributed by atoms with E-state index >= 15 is 0 Å². The van der Waals surface area contributed by atoms with Crippen molar-refractivity contribution in [1.29, 1.82) is 0 Å². The number of carbonyl (C=O) groups is 2. The molecule has 0 fully saturated rings. The third kappa shape index (κ3) is 3.21. The fourth-order valence-corrected chi connectivity index (χ4v) is 2.32. The second-order valence-electron chi connectivity index (χ2n) is 5.10. The zero-order valence-corrected chi connectivity index (χ0v) is 12.2. The lowest BCUT2D eigenvalue weighted by Gasteiger charge is -2.25. The minimum absolute atomic E-state index is 0.0700. The summed E-state index contributed by atoms with van der Waals surface area (Å²) in [6.07, 6.45) is 0.343. The van der Waals surface area contributed by atoms with Gasteiger partial charge in [-0.05, 0) is 11.5 Å². The van der Waals surface area contributed by atoms with Crippen molar-refractivity contribution < 1.29 is 14.7 Å². The van der Waals surface area contributed by atoms with Crippen LogP contribution in [0.2, 0.25) is 0 Å². The number of aliphatic carboxylic acids is 1. The van der Waals surface area contributed by atoms with Crippen LogP contribution >= 0.6 is 0 Å². The van der Waals surface area contributed by atoms with E-state index in [1.807, 2.05) is 42.5 Å². The molecular formula is C17H19NO3. The van der Waals surface area contributed by atoms with Crippen molar-refractivity contribution in [2.45, 2.75) is 20.3 Å². The Morgan fingerprint density at radius 2 is 1.81 bits per heavy atom. The van der Waals surface area contributed by atoms with Crippen molar-refractivity contribution in [2.24, 2.45) is 5.92 Å². The van der Waals surface area contributed by atoms with Gasteiger partial charge in [-0.1, -0.05) is 50.2 Å². The molecule has 21 heavy (non-hydrogen) atoms. The number of benzene rings is 2. The highest BCUT2D eigenvalue weighted by Crippen LogP contribution is 2.28. The summed E-state index contributed by atoms with van der Waals surface area (Å²) in [5.74, 6) is -1.58. The van der Waals surface area contributed by atoms with E-state index < -0.39 is 11.9 Å². The normalized spacial score (nSPS) is 12.1. The van der Waals surface area contributed by atoms with E-state index in [9.17, 15) is 9.59 Å². The van der Waals surface area contributed by atoms with E-state index in [-0.39, 0.29) is 12.5 Å². The second kappa shape index (κ2) is 6.39. The van der Waals surface area contributed by atoms with Gasteiger partial charge >= 0.3 is 5.97 Å². The van der Waals surface area contributed by atoms with Gasteiger partial charge in [0.05, 0.1) is 11.6 Å². The molecule has 0 radical (unpaired) electrons. The second-order valence-corrected chi connectivity index (χ2v) is 5.10. The molecule has 110 valence electrons. The van der Waals surface area contributed by atoms with E-state index in [1.165, 1.54) is 0 Å². The summed E-state index contributed by atoms with van der Waals surface area (Å²) in [4.78, 5) is 24.9. The molecule has 0 saturated carbocycles. The van der Waals surface area contributed by atoms with Gasteiger partial charge in [0.2, 0.25) is 5.91 Å². The van der Waals surface area contributed by atoms with Crippen molar-refractivity contribution in [3.63, 3.8) is 0 Å². The van der Waals surface area contributed by atoms with Crippen molar-refractivity contribution >= 4 is 28.3 Å². The van der Waals surface area contributed by atoms with E-state index in [0.29, 0.717) is 6.42 Å². The van der Waals surface area contributed by atoms with Crippen LogP contribution < -0.4 is 4.90 Å². The average molecular weight is 285 g/mol. The van der Waals surface area contributed by atoms with E-state index in [1.54, 1.807) is 18.7 Å². The van der Waals surface area contributed by atoms with Gasteiger partial charge in [-0.2, -0.15) is 0 Å². The topological polar surface area (TPSA) is 57.6 Å². The number of nitrogens with zero attached hydrogens (tertiary/aromatic N) is 1. The average Bonchev–Trinajstić information content (AvgIpc) is 2.51. The van der Waals surface area contributed by atoms with E-state index in [2.05, 4.69) is 0 Å². The lowest BCUT2D eigenvalue weighted by Crippen LogP contribution is -2.36. The van der Waals surface area contributed by atoms with Gasteiger partial charge < -0.3 is 10.0 Å². The van der Waals surface area contributed by atoms with Gasteiger partial charge in [-0.25, -0.2) is 0 Å². The first kappa shape index (κ1) is 15.0. The molecule has 0 spiro atoms. The molecule has 2 aromatic carbocycles. The van der Waals surface area contributed by atoms with Crippen molar-refractivity contribution in [1.82, 2.24) is 0 Å². The maximum atomic E-state index is 12.2. The molecule has 0 aliphatic carbocycles. The molecule has 0 aliphatic heterocycles. The Morgan fingerprint density at radius 3 is 2.48 bits per heavy atom. The molecule has 1 N–H and O–H groups in total. The number of rotatable bonds is 5. The third-order valence-electron chi connectivity index (χ3n) is 3.54. The summed E-state index contributed by atoms with van der Waals surface area (Å²) >= 11 is 0. The number of carbonyl (C=O) groups excluding carboxylic acids is 1. The first-order valence-corrected chi connectivity index (χ1v) is 7.05. The smallest absolute Gasteiger partial charge is 0.308 e. The lowest BCUT2D eigenvalue weighted by molar-refractivity contribution is -0.140. The Bertz CT molecular complexity index is 661. The summed E-state index contributed by atoms with van der Waals surface area (Å²) in [5, 5.41) is 11.1. The Hall–Kier alpha value is -2.36. The van der Waals surface area contributed by atoms with Crippen molar-refractivity contribution in [2.75, 3.05) is 11.4 Å². The Morgan fingerprint density at radius 1 is 1.14 bits per heavy atom. The van der Waals surface area contributed by atoms with Crippen LogP contribution in [-0.2, 0) is 9.59 Å². The molecule has 1 unspecified atom stereocenters. The van der Waals surface area contributed by atoms with E-state index in [4.69, 9.17) is 5.11 Å². The zero-order chi connectivity index (χ0) is 15.4. The van der Waals surface area contributed by atoms with Crippen molar-refractivity contribution in [3.05, 3.63) is 42.5 Å². The third-order valence-corrected chi connectivity index (χ3v) is 3.54. The standard InChI is InChI=1S/C17H19NO3/c1-3-16(19)18(11-12(2)17(20)21)15-10-6-8-13-7-4-5-9-14(13)15/h4-10,12H,3,11H2,1-2H3,(H,20,21). The molecule has 4 heteroatoms. The number of fused-ring (bicyclic) bond motifs is 1. The quantitative estimate of drug-likeness (QED) is 0.917. The van der Waals surface area contributed by atoms with Crippen LogP contribution in [0.25, 0.3) is 10.8 Å². The zero-order valence-electron chi connectivity index (χ0n) is 12.2. The molecule has 2 rings (SSSR count). The van der Waals surface area contributed by atoms with Gasteiger partial charge in [-0.15, -0.1) is 0 Å². The molecule has 0 bridgehead atoms. The van der Waals surface area contributed by atoms with Crippen molar-refractivity contribution in [3.8, 4) is 0 Å².